The molecule has 2 aliphatic rings. The van der Waals surface area contributed by atoms with E-state index < -0.39 is 11.7 Å². The quantitative estimate of drug-likeness (QED) is 0.795. The molecule has 8 heteroatoms. The number of aryl methyl sites for hydroxylation is 1. The van der Waals surface area contributed by atoms with Crippen molar-refractivity contribution in [2.45, 2.75) is 25.9 Å². The van der Waals surface area contributed by atoms with Crippen LogP contribution in [-0.4, -0.2) is 66.4 Å². The molecule has 2 fully saturated rings. The number of ether oxygens (including phenoxy) is 1. The maximum absolute atomic E-state index is 13.9. The summed E-state index contributed by atoms with van der Waals surface area (Å²) in [6, 6.07) is 10.8. The van der Waals surface area contributed by atoms with Gasteiger partial charge in [0, 0.05) is 44.0 Å². The highest BCUT2D eigenvalue weighted by atomic mass is 19.1. The van der Waals surface area contributed by atoms with Gasteiger partial charge in [0.2, 0.25) is 0 Å². The Hall–Kier alpha value is -3.26. The summed E-state index contributed by atoms with van der Waals surface area (Å²) in [5, 5.41) is 2.70. The van der Waals surface area contributed by atoms with E-state index in [9.17, 15) is 18.8 Å². The first-order valence-corrected chi connectivity index (χ1v) is 10.8. The Labute approximate surface area is 186 Å². The van der Waals surface area contributed by atoms with Crippen LogP contribution in [0.3, 0.4) is 0 Å². The molecule has 168 valence electrons. The van der Waals surface area contributed by atoms with E-state index in [1.54, 1.807) is 41.0 Å². The van der Waals surface area contributed by atoms with Crippen LogP contribution in [-0.2, 0) is 9.53 Å². The predicted octanol–water partition coefficient (Wildman–Crippen LogP) is 2.85. The zero-order valence-electron chi connectivity index (χ0n) is 18.0. The van der Waals surface area contributed by atoms with Crippen LogP contribution in [0.5, 0.6) is 0 Å². The molecular weight excluding hydrogens is 413 g/mol. The number of rotatable bonds is 4. The number of carbonyl (C=O) groups is 3. The zero-order chi connectivity index (χ0) is 22.7. The first kappa shape index (κ1) is 22.0. The number of hydrogen-bond donors (Lipinski definition) is 1. The second kappa shape index (κ2) is 9.48. The summed E-state index contributed by atoms with van der Waals surface area (Å²) in [5.41, 5.74) is 1.59. The lowest BCUT2D eigenvalue weighted by Gasteiger charge is -2.35. The van der Waals surface area contributed by atoms with Crippen molar-refractivity contribution in [3.8, 4) is 0 Å². The molecule has 3 amide bonds. The first-order valence-electron chi connectivity index (χ1n) is 10.8. The van der Waals surface area contributed by atoms with Gasteiger partial charge in [-0.3, -0.25) is 14.4 Å². The summed E-state index contributed by atoms with van der Waals surface area (Å²) in [5.74, 6) is -1.35. The van der Waals surface area contributed by atoms with Crippen molar-refractivity contribution in [1.82, 2.24) is 9.80 Å². The van der Waals surface area contributed by atoms with Crippen molar-refractivity contribution in [2.24, 2.45) is 0 Å². The fourth-order valence-corrected chi connectivity index (χ4v) is 4.01. The summed E-state index contributed by atoms with van der Waals surface area (Å²) in [6.45, 7) is 4.23. The van der Waals surface area contributed by atoms with Crippen molar-refractivity contribution in [3.05, 3.63) is 65.0 Å². The van der Waals surface area contributed by atoms with Crippen molar-refractivity contribution in [3.63, 3.8) is 0 Å². The minimum atomic E-state index is -0.606. The van der Waals surface area contributed by atoms with E-state index in [-0.39, 0.29) is 23.5 Å². The second-order valence-corrected chi connectivity index (χ2v) is 8.08. The number of nitrogens with one attached hydrogen (secondary N) is 1. The minimum Gasteiger partial charge on any atom is -0.368 e. The number of anilines is 1. The highest BCUT2D eigenvalue weighted by Gasteiger charge is 2.31. The predicted molar refractivity (Wildman–Crippen MR) is 117 cm³/mol. The average molecular weight is 439 g/mol. The van der Waals surface area contributed by atoms with Gasteiger partial charge in [-0.05, 0) is 49.6 Å². The van der Waals surface area contributed by atoms with E-state index in [1.165, 1.54) is 18.2 Å². The molecule has 0 bridgehead atoms. The molecule has 4 rings (SSSR count). The summed E-state index contributed by atoms with van der Waals surface area (Å²) in [4.78, 5) is 41.5. The Balaban J connectivity index is 1.41. The molecule has 2 aliphatic heterocycles. The van der Waals surface area contributed by atoms with E-state index in [0.717, 1.165) is 18.4 Å². The van der Waals surface area contributed by atoms with E-state index >= 15 is 0 Å². The molecule has 2 heterocycles. The maximum Gasteiger partial charge on any atom is 0.258 e. The molecule has 1 atom stereocenters. The van der Waals surface area contributed by atoms with Crippen molar-refractivity contribution >= 4 is 23.4 Å². The lowest BCUT2D eigenvalue weighted by molar-refractivity contribution is -0.142. The molecule has 0 aromatic heterocycles. The van der Waals surface area contributed by atoms with Gasteiger partial charge in [-0.15, -0.1) is 0 Å². The number of halogens is 1. The van der Waals surface area contributed by atoms with Gasteiger partial charge in [0.15, 0.2) is 0 Å². The summed E-state index contributed by atoms with van der Waals surface area (Å²) in [6.07, 6.45) is 1.30. The maximum atomic E-state index is 13.9. The Morgan fingerprint density at radius 2 is 1.75 bits per heavy atom. The summed E-state index contributed by atoms with van der Waals surface area (Å²) < 4.78 is 19.4. The van der Waals surface area contributed by atoms with Gasteiger partial charge in [0.25, 0.3) is 17.7 Å². The monoisotopic (exact) mass is 439 g/mol. The highest BCUT2D eigenvalue weighted by Crippen LogP contribution is 2.21. The molecule has 0 spiro atoms. The van der Waals surface area contributed by atoms with Gasteiger partial charge < -0.3 is 19.9 Å². The summed E-state index contributed by atoms with van der Waals surface area (Å²) >= 11 is 0. The molecular formula is C24H26FN3O4. The molecule has 0 saturated carbocycles. The van der Waals surface area contributed by atoms with Crippen LogP contribution in [0.15, 0.2) is 42.5 Å². The zero-order valence-corrected chi connectivity index (χ0v) is 18.0. The van der Waals surface area contributed by atoms with Crippen LogP contribution < -0.4 is 5.32 Å². The van der Waals surface area contributed by atoms with Crippen LogP contribution in [0.2, 0.25) is 0 Å². The molecule has 7 nitrogen and oxygen atoms in total. The fourth-order valence-electron chi connectivity index (χ4n) is 4.01. The first-order chi connectivity index (χ1) is 15.4. The van der Waals surface area contributed by atoms with Gasteiger partial charge in [-0.1, -0.05) is 18.2 Å². The van der Waals surface area contributed by atoms with Crippen LogP contribution in [0.25, 0.3) is 0 Å². The van der Waals surface area contributed by atoms with Gasteiger partial charge >= 0.3 is 0 Å². The fraction of sp³-hybridized carbons (Fsp3) is 0.375. The highest BCUT2D eigenvalue weighted by molar-refractivity contribution is 6.05. The number of nitrogens with zero attached hydrogens (tertiary/aromatic N) is 2. The minimum absolute atomic E-state index is 0.00285. The molecule has 0 radical (unpaired) electrons. The number of piperazine rings is 1. The molecule has 32 heavy (non-hydrogen) atoms. The molecule has 2 saturated heterocycles. The number of amides is 3. The number of benzene rings is 2. The van der Waals surface area contributed by atoms with Crippen molar-refractivity contribution in [1.29, 1.82) is 0 Å². The average Bonchev–Trinajstić information content (AvgIpc) is 3.35. The molecule has 1 N–H and O–H groups in total. The SMILES string of the molecule is Cc1ccc(C(=O)N2CCN(C(=O)C3CCCO3)CC2)cc1NC(=O)c1ccccc1F. The number of hydrogen-bond acceptors (Lipinski definition) is 4. The Morgan fingerprint density at radius 1 is 1.03 bits per heavy atom. The summed E-state index contributed by atoms with van der Waals surface area (Å²) in [7, 11) is 0. The third-order valence-corrected chi connectivity index (χ3v) is 5.93. The van der Waals surface area contributed by atoms with Crippen LogP contribution >= 0.6 is 0 Å². The third kappa shape index (κ3) is 4.65. The van der Waals surface area contributed by atoms with E-state index in [2.05, 4.69) is 5.32 Å². The Kier molecular flexibility index (Phi) is 6.50. The van der Waals surface area contributed by atoms with Crippen molar-refractivity contribution in [2.75, 3.05) is 38.1 Å². The lowest BCUT2D eigenvalue weighted by atomic mass is 10.1. The number of carbonyl (C=O) groups excluding carboxylic acids is 3. The van der Waals surface area contributed by atoms with Crippen LogP contribution in [0, 0.1) is 12.7 Å². The van der Waals surface area contributed by atoms with Crippen LogP contribution in [0.4, 0.5) is 10.1 Å². The van der Waals surface area contributed by atoms with Crippen LogP contribution in [0.1, 0.15) is 39.1 Å². The van der Waals surface area contributed by atoms with Gasteiger partial charge in [0.05, 0.1) is 5.56 Å². The van der Waals surface area contributed by atoms with E-state index in [0.29, 0.717) is 44.0 Å². The molecule has 2 aromatic rings. The lowest BCUT2D eigenvalue weighted by Crippen LogP contribution is -2.52. The Bertz CT molecular complexity index is 1030. The van der Waals surface area contributed by atoms with Crippen molar-refractivity contribution < 1.29 is 23.5 Å². The van der Waals surface area contributed by atoms with E-state index in [1.807, 2.05) is 0 Å². The smallest absolute Gasteiger partial charge is 0.258 e. The van der Waals surface area contributed by atoms with Gasteiger partial charge in [-0.25, -0.2) is 4.39 Å². The topological polar surface area (TPSA) is 79.0 Å². The van der Waals surface area contributed by atoms with Gasteiger partial charge in [-0.2, -0.15) is 0 Å². The third-order valence-electron chi connectivity index (χ3n) is 5.93. The Morgan fingerprint density at radius 3 is 2.44 bits per heavy atom. The largest absolute Gasteiger partial charge is 0.368 e. The molecule has 0 aliphatic carbocycles. The normalized spacial score (nSPS) is 18.5. The molecule has 1 unspecified atom stereocenters. The van der Waals surface area contributed by atoms with E-state index in [4.69, 9.17) is 4.74 Å². The molecule has 2 aromatic carbocycles. The second-order valence-electron chi connectivity index (χ2n) is 8.08. The van der Waals surface area contributed by atoms with Gasteiger partial charge in [0.1, 0.15) is 11.9 Å². The standard InChI is InChI=1S/C24H26FN3O4/c1-16-8-9-17(15-20(16)26-22(29)18-5-2-3-6-19(18)25)23(30)27-10-12-28(13-11-27)24(31)21-7-4-14-32-21/h2-3,5-6,8-9,15,21H,4,7,10-14H2,1H3,(H,26,29).